The summed E-state index contributed by atoms with van der Waals surface area (Å²) < 4.78 is 32.5. The van der Waals surface area contributed by atoms with Gasteiger partial charge in [0.15, 0.2) is 5.96 Å². The van der Waals surface area contributed by atoms with E-state index in [-0.39, 0.29) is 24.0 Å². The second kappa shape index (κ2) is 10.4. The number of anilines is 1. The molecule has 3 rings (SSSR count). The van der Waals surface area contributed by atoms with E-state index in [0.29, 0.717) is 44.3 Å². The Morgan fingerprint density at radius 1 is 1.18 bits per heavy atom. The molecule has 2 aromatic rings. The minimum Gasteiger partial charge on any atom is -0.481 e. The molecule has 9 heteroatoms. The Bertz CT molecular complexity index is 813. The van der Waals surface area contributed by atoms with E-state index in [1.54, 1.807) is 20.4 Å². The van der Waals surface area contributed by atoms with Crippen LogP contribution < -0.4 is 15.0 Å². The van der Waals surface area contributed by atoms with Crippen molar-refractivity contribution in [3.05, 3.63) is 53.7 Å². The zero-order valence-electron chi connectivity index (χ0n) is 15.9. The van der Waals surface area contributed by atoms with E-state index in [1.807, 2.05) is 17.0 Å². The number of hydrogen-bond acceptors (Lipinski definition) is 4. The van der Waals surface area contributed by atoms with Gasteiger partial charge in [-0.3, -0.25) is 4.99 Å². The van der Waals surface area contributed by atoms with Crippen LogP contribution in [0.3, 0.4) is 0 Å². The lowest BCUT2D eigenvalue weighted by atomic mass is 10.2. The number of hydrogen-bond donors (Lipinski definition) is 1. The maximum absolute atomic E-state index is 14.0. The molecule has 0 radical (unpaired) electrons. The van der Waals surface area contributed by atoms with Crippen LogP contribution in [0, 0.1) is 11.6 Å². The van der Waals surface area contributed by atoms with Crippen LogP contribution in [0.5, 0.6) is 5.88 Å². The van der Waals surface area contributed by atoms with Crippen LogP contribution in [0.25, 0.3) is 0 Å². The number of guanidine groups is 1. The van der Waals surface area contributed by atoms with E-state index in [1.165, 1.54) is 12.1 Å². The first-order valence-corrected chi connectivity index (χ1v) is 8.75. The molecule has 1 aliphatic rings. The third-order valence-corrected chi connectivity index (χ3v) is 4.50. The third-order valence-electron chi connectivity index (χ3n) is 4.50. The molecular weight excluding hydrogens is 479 g/mol. The molecule has 0 spiro atoms. The van der Waals surface area contributed by atoms with E-state index in [0.717, 1.165) is 17.6 Å². The van der Waals surface area contributed by atoms with Crippen molar-refractivity contribution in [2.45, 2.75) is 6.54 Å². The van der Waals surface area contributed by atoms with E-state index in [2.05, 4.69) is 20.2 Å². The molecule has 2 heterocycles. The smallest absolute Gasteiger partial charge is 0.213 e. The second-order valence-electron chi connectivity index (χ2n) is 6.18. The topological polar surface area (TPSA) is 53.0 Å². The predicted molar refractivity (Wildman–Crippen MR) is 117 cm³/mol. The summed E-state index contributed by atoms with van der Waals surface area (Å²) in [5.41, 5.74) is 1.34. The van der Waals surface area contributed by atoms with Crippen LogP contribution in [-0.4, -0.2) is 56.2 Å². The van der Waals surface area contributed by atoms with Gasteiger partial charge in [0.2, 0.25) is 5.88 Å². The van der Waals surface area contributed by atoms with Crippen LogP contribution >= 0.6 is 24.0 Å². The highest BCUT2D eigenvalue weighted by Gasteiger charge is 2.22. The number of pyridine rings is 1. The molecule has 1 N–H and O–H groups in total. The molecule has 28 heavy (non-hydrogen) atoms. The average Bonchev–Trinajstić information content (AvgIpc) is 2.71. The molecule has 152 valence electrons. The predicted octanol–water partition coefficient (Wildman–Crippen LogP) is 2.88. The summed E-state index contributed by atoms with van der Waals surface area (Å²) in [5.74, 6) is 0.498. The molecule has 1 aromatic carbocycles. The lowest BCUT2D eigenvalue weighted by molar-refractivity contribution is 0.370. The summed E-state index contributed by atoms with van der Waals surface area (Å²) in [6.45, 7) is 3.09. The molecule has 0 bridgehead atoms. The number of nitrogens with zero attached hydrogens (tertiary/aromatic N) is 4. The Morgan fingerprint density at radius 3 is 2.61 bits per heavy atom. The van der Waals surface area contributed by atoms with Gasteiger partial charge in [0.25, 0.3) is 0 Å². The number of aliphatic imine (C=N–C) groups is 1. The Morgan fingerprint density at radius 2 is 1.93 bits per heavy atom. The number of benzene rings is 1. The van der Waals surface area contributed by atoms with Crippen LogP contribution in [0.4, 0.5) is 14.5 Å². The molecule has 1 aromatic heterocycles. The van der Waals surface area contributed by atoms with Gasteiger partial charge in [0, 0.05) is 58.1 Å². The van der Waals surface area contributed by atoms with Crippen molar-refractivity contribution in [3.63, 3.8) is 0 Å². The van der Waals surface area contributed by atoms with Crippen molar-refractivity contribution in [2.24, 2.45) is 4.99 Å². The molecule has 0 aliphatic carbocycles. The van der Waals surface area contributed by atoms with Crippen molar-refractivity contribution in [1.82, 2.24) is 15.2 Å². The molecule has 1 saturated heterocycles. The van der Waals surface area contributed by atoms with Crippen LogP contribution in [0.1, 0.15) is 5.56 Å². The normalized spacial score (nSPS) is 14.5. The number of piperazine rings is 1. The summed E-state index contributed by atoms with van der Waals surface area (Å²) in [7, 11) is 3.31. The molecule has 0 saturated carbocycles. The van der Waals surface area contributed by atoms with Gasteiger partial charge in [-0.2, -0.15) is 0 Å². The van der Waals surface area contributed by atoms with Crippen molar-refractivity contribution < 1.29 is 13.5 Å². The maximum Gasteiger partial charge on any atom is 0.213 e. The van der Waals surface area contributed by atoms with Crippen LogP contribution in [-0.2, 0) is 6.54 Å². The van der Waals surface area contributed by atoms with Gasteiger partial charge in [-0.05, 0) is 23.8 Å². The van der Waals surface area contributed by atoms with Gasteiger partial charge in [0.1, 0.15) is 11.6 Å². The number of ether oxygens (including phenoxy) is 1. The Kier molecular flexibility index (Phi) is 8.21. The first-order valence-electron chi connectivity index (χ1n) is 8.75. The zero-order chi connectivity index (χ0) is 19.2. The average molecular weight is 503 g/mol. The summed E-state index contributed by atoms with van der Waals surface area (Å²) in [5, 5.41) is 3.32. The minimum absolute atomic E-state index is 0. The van der Waals surface area contributed by atoms with Crippen LogP contribution in [0.15, 0.2) is 41.5 Å². The summed E-state index contributed by atoms with van der Waals surface area (Å²) >= 11 is 0. The van der Waals surface area contributed by atoms with Gasteiger partial charge >= 0.3 is 0 Å². The summed E-state index contributed by atoms with van der Waals surface area (Å²) in [6.07, 6.45) is 1.70. The fourth-order valence-electron chi connectivity index (χ4n) is 3.07. The van der Waals surface area contributed by atoms with E-state index in [9.17, 15) is 8.78 Å². The Labute approximate surface area is 180 Å². The molecule has 0 amide bonds. The standard InChI is InChI=1S/C19H23F2N5O.HI/c1-22-19(24-13-14-5-6-23-18(11-14)27-2)26-9-7-25(8-10-26)17-12-15(20)3-4-16(17)21;/h3-6,11-12H,7-10,13H2,1-2H3,(H,22,24);1H. The third kappa shape index (κ3) is 5.43. The van der Waals surface area contributed by atoms with Crippen molar-refractivity contribution in [1.29, 1.82) is 0 Å². The highest BCUT2D eigenvalue weighted by atomic mass is 127. The molecule has 0 unspecified atom stereocenters. The van der Waals surface area contributed by atoms with Crippen LogP contribution in [0.2, 0.25) is 0 Å². The maximum atomic E-state index is 14.0. The van der Waals surface area contributed by atoms with Crippen molar-refractivity contribution in [3.8, 4) is 5.88 Å². The quantitative estimate of drug-likeness (QED) is 0.395. The SMILES string of the molecule is CN=C(NCc1ccnc(OC)c1)N1CCN(c2cc(F)ccc2F)CC1.I. The van der Waals surface area contributed by atoms with Gasteiger partial charge in [-0.15, -0.1) is 24.0 Å². The Hall–Kier alpha value is -2.17. The number of methoxy groups -OCH3 is 1. The second-order valence-corrected chi connectivity index (χ2v) is 6.18. The summed E-state index contributed by atoms with van der Waals surface area (Å²) in [6, 6.07) is 7.32. The lowest BCUT2D eigenvalue weighted by Gasteiger charge is -2.37. The largest absolute Gasteiger partial charge is 0.481 e. The lowest BCUT2D eigenvalue weighted by Crippen LogP contribution is -2.52. The summed E-state index contributed by atoms with van der Waals surface area (Å²) in [4.78, 5) is 12.4. The van der Waals surface area contributed by atoms with E-state index >= 15 is 0 Å². The first kappa shape index (κ1) is 22.1. The van der Waals surface area contributed by atoms with Gasteiger partial charge < -0.3 is 19.9 Å². The van der Waals surface area contributed by atoms with Crippen molar-refractivity contribution >= 4 is 35.6 Å². The number of aromatic nitrogens is 1. The number of halogens is 3. The molecule has 6 nitrogen and oxygen atoms in total. The molecule has 1 fully saturated rings. The molecule has 0 atom stereocenters. The van der Waals surface area contributed by atoms with Gasteiger partial charge in [0.05, 0.1) is 12.8 Å². The highest BCUT2D eigenvalue weighted by molar-refractivity contribution is 14.0. The fraction of sp³-hybridized carbons (Fsp3) is 0.368. The van der Waals surface area contributed by atoms with Gasteiger partial charge in [-0.1, -0.05) is 0 Å². The monoisotopic (exact) mass is 503 g/mol. The number of rotatable bonds is 4. The van der Waals surface area contributed by atoms with Crippen molar-refractivity contribution in [2.75, 3.05) is 45.2 Å². The highest BCUT2D eigenvalue weighted by Crippen LogP contribution is 2.22. The molecular formula is C19H24F2IN5O. The van der Waals surface area contributed by atoms with E-state index in [4.69, 9.17) is 4.74 Å². The molecule has 1 aliphatic heterocycles. The van der Waals surface area contributed by atoms with E-state index < -0.39 is 11.6 Å². The first-order chi connectivity index (χ1) is 13.1. The number of nitrogens with one attached hydrogen (secondary N) is 1. The van der Waals surface area contributed by atoms with Gasteiger partial charge in [-0.25, -0.2) is 13.8 Å². The Balaban J connectivity index is 0.00000280. The minimum atomic E-state index is -0.431. The fourth-order valence-corrected chi connectivity index (χ4v) is 3.07. The zero-order valence-corrected chi connectivity index (χ0v) is 18.2.